The van der Waals surface area contributed by atoms with Gasteiger partial charge in [0.05, 0.1) is 18.0 Å². The molecule has 2 heterocycles. The summed E-state index contributed by atoms with van der Waals surface area (Å²) >= 11 is 0. The van der Waals surface area contributed by atoms with Crippen LogP contribution >= 0.6 is 0 Å². The van der Waals surface area contributed by atoms with Crippen LogP contribution in [0.1, 0.15) is 88.9 Å². The highest BCUT2D eigenvalue weighted by molar-refractivity contribution is 6.00. The minimum atomic E-state index is -1.09. The van der Waals surface area contributed by atoms with Gasteiger partial charge < -0.3 is 13.9 Å². The maximum atomic E-state index is 12.5. The predicted octanol–water partition coefficient (Wildman–Crippen LogP) is 8.26. The van der Waals surface area contributed by atoms with Crippen molar-refractivity contribution in [2.75, 3.05) is 13.2 Å². The highest BCUT2D eigenvalue weighted by Crippen LogP contribution is 2.40. The second-order valence-corrected chi connectivity index (χ2v) is 12.3. The Labute approximate surface area is 268 Å². The SMILES string of the molecule is CC.CCOC(=O)C(C)(C)Oc1c(C)cc(CN(CC2=NN=C(CC)C3CCC23)Cc2nc(-c3ccccc3)oc2C)cc1C. The van der Waals surface area contributed by atoms with Gasteiger partial charge in [-0.15, -0.1) is 0 Å². The molecule has 5 rings (SSSR count). The fourth-order valence-electron chi connectivity index (χ4n) is 6.10. The Balaban J connectivity index is 0.00000226. The Morgan fingerprint density at radius 2 is 1.56 bits per heavy atom. The van der Waals surface area contributed by atoms with Crippen molar-refractivity contribution in [1.29, 1.82) is 0 Å². The first-order valence-electron chi connectivity index (χ1n) is 16.4. The van der Waals surface area contributed by atoms with Crippen LogP contribution in [0.25, 0.3) is 11.5 Å². The third kappa shape index (κ3) is 7.90. The Hall–Kier alpha value is -3.78. The van der Waals surface area contributed by atoms with Gasteiger partial charge >= 0.3 is 5.97 Å². The van der Waals surface area contributed by atoms with Gasteiger partial charge in [0.15, 0.2) is 5.60 Å². The largest absolute Gasteiger partial charge is 0.476 e. The van der Waals surface area contributed by atoms with Gasteiger partial charge in [0.1, 0.15) is 11.5 Å². The summed E-state index contributed by atoms with van der Waals surface area (Å²) in [6.45, 7) is 19.8. The summed E-state index contributed by atoms with van der Waals surface area (Å²) in [5, 5.41) is 9.37. The Kier molecular flexibility index (Phi) is 11.4. The molecule has 45 heavy (non-hydrogen) atoms. The number of carbonyl (C=O) groups excluding carboxylic acids is 1. The van der Waals surface area contributed by atoms with Gasteiger partial charge in [0.2, 0.25) is 5.89 Å². The molecular weight excluding hydrogens is 564 g/mol. The Bertz CT molecular complexity index is 1500. The highest BCUT2D eigenvalue weighted by Gasteiger charge is 2.40. The van der Waals surface area contributed by atoms with E-state index < -0.39 is 5.60 Å². The summed E-state index contributed by atoms with van der Waals surface area (Å²) in [5.41, 5.74) is 6.29. The van der Waals surface area contributed by atoms with E-state index in [2.05, 4.69) is 29.1 Å². The van der Waals surface area contributed by atoms with Crippen LogP contribution < -0.4 is 4.74 Å². The Morgan fingerprint density at radius 1 is 0.933 bits per heavy atom. The number of rotatable bonds is 12. The third-order valence-electron chi connectivity index (χ3n) is 8.52. The molecule has 2 atom stereocenters. The lowest BCUT2D eigenvalue weighted by Gasteiger charge is -2.41. The number of aryl methyl sites for hydroxylation is 3. The minimum Gasteiger partial charge on any atom is -0.476 e. The van der Waals surface area contributed by atoms with E-state index in [0.29, 0.717) is 49.7 Å². The number of hydrogen-bond donors (Lipinski definition) is 0. The zero-order valence-electron chi connectivity index (χ0n) is 28.6. The van der Waals surface area contributed by atoms with Gasteiger partial charge in [-0.2, -0.15) is 10.2 Å². The fraction of sp³-hybridized carbons (Fsp3) is 0.514. The van der Waals surface area contributed by atoms with Crippen molar-refractivity contribution >= 4 is 17.4 Å². The molecule has 8 heteroatoms. The number of hydrogen-bond acceptors (Lipinski definition) is 8. The second-order valence-electron chi connectivity index (χ2n) is 12.3. The van der Waals surface area contributed by atoms with Crippen LogP contribution in [-0.2, 0) is 22.6 Å². The maximum Gasteiger partial charge on any atom is 0.349 e. The van der Waals surface area contributed by atoms with Crippen LogP contribution in [0.5, 0.6) is 5.75 Å². The smallest absolute Gasteiger partial charge is 0.349 e. The van der Waals surface area contributed by atoms with Crippen molar-refractivity contribution < 1.29 is 18.7 Å². The van der Waals surface area contributed by atoms with Crippen molar-refractivity contribution in [3.05, 3.63) is 70.6 Å². The molecule has 1 fully saturated rings. The number of nitrogens with zero attached hydrogens (tertiary/aromatic N) is 4. The summed E-state index contributed by atoms with van der Waals surface area (Å²) in [4.78, 5) is 19.8. The lowest BCUT2D eigenvalue weighted by molar-refractivity contribution is -0.158. The molecule has 0 spiro atoms. The lowest BCUT2D eigenvalue weighted by atomic mass is 9.67. The topological polar surface area (TPSA) is 89.5 Å². The van der Waals surface area contributed by atoms with Crippen molar-refractivity contribution in [3.8, 4) is 17.2 Å². The fourth-order valence-corrected chi connectivity index (χ4v) is 6.10. The van der Waals surface area contributed by atoms with Gasteiger partial charge in [0.25, 0.3) is 0 Å². The molecule has 2 unspecified atom stereocenters. The number of ether oxygens (including phenoxy) is 2. The molecule has 1 saturated carbocycles. The first-order chi connectivity index (χ1) is 21.6. The van der Waals surface area contributed by atoms with Crippen molar-refractivity contribution in [2.45, 2.75) is 100 Å². The van der Waals surface area contributed by atoms with Crippen LogP contribution in [0.4, 0.5) is 0 Å². The normalized spacial score (nSPS) is 17.4. The molecule has 0 radical (unpaired) electrons. The van der Waals surface area contributed by atoms with Crippen LogP contribution in [0.3, 0.4) is 0 Å². The van der Waals surface area contributed by atoms with Crippen molar-refractivity contribution in [1.82, 2.24) is 9.88 Å². The molecular formula is C37H50N4O4. The monoisotopic (exact) mass is 614 g/mol. The van der Waals surface area contributed by atoms with Crippen molar-refractivity contribution in [3.63, 3.8) is 0 Å². The van der Waals surface area contributed by atoms with E-state index >= 15 is 0 Å². The third-order valence-corrected chi connectivity index (χ3v) is 8.52. The number of esters is 1. The summed E-state index contributed by atoms with van der Waals surface area (Å²) in [7, 11) is 0. The minimum absolute atomic E-state index is 0.314. The molecule has 0 saturated heterocycles. The van der Waals surface area contributed by atoms with E-state index in [1.807, 2.05) is 65.0 Å². The first-order valence-corrected chi connectivity index (χ1v) is 16.4. The van der Waals surface area contributed by atoms with Crippen LogP contribution in [-0.4, -0.2) is 46.0 Å². The second kappa shape index (κ2) is 15.0. The maximum absolute atomic E-state index is 12.5. The van der Waals surface area contributed by atoms with Gasteiger partial charge in [0, 0.05) is 42.7 Å². The number of carbonyl (C=O) groups is 1. The molecule has 2 aliphatic rings. The van der Waals surface area contributed by atoms with Crippen LogP contribution in [0.2, 0.25) is 0 Å². The summed E-state index contributed by atoms with van der Waals surface area (Å²) < 4.78 is 17.6. The molecule has 3 aromatic rings. The molecule has 8 nitrogen and oxygen atoms in total. The van der Waals surface area contributed by atoms with Gasteiger partial charge in [-0.1, -0.05) is 51.1 Å². The molecule has 0 N–H and O–H groups in total. The van der Waals surface area contributed by atoms with Crippen LogP contribution in [0, 0.1) is 32.6 Å². The quantitative estimate of drug-likeness (QED) is 0.191. The molecule has 242 valence electrons. The number of fused-ring (bicyclic) bond motifs is 1. The molecule has 0 bridgehead atoms. The highest BCUT2D eigenvalue weighted by atomic mass is 16.6. The summed E-state index contributed by atoms with van der Waals surface area (Å²) in [6, 6.07) is 14.3. The van der Waals surface area contributed by atoms with Gasteiger partial charge in [-0.25, -0.2) is 9.78 Å². The van der Waals surface area contributed by atoms with Crippen LogP contribution in [0.15, 0.2) is 57.1 Å². The van der Waals surface area contributed by atoms with Crippen molar-refractivity contribution in [2.24, 2.45) is 22.0 Å². The standard InChI is InChI=1S/C35H44N4O4.C2H6/c1-8-29-27-15-16-28(27)31(38-37-29)21-39(20-30-24(5)42-33(36-30)26-13-11-10-12-14-26)19-25-17-22(3)32(23(4)18-25)43-35(6,7)34(40)41-9-2;1-2/h10-14,17-18,27-28H,8-9,15-16,19-21H2,1-7H3;1-2H3. The number of oxazole rings is 1. The predicted molar refractivity (Wildman–Crippen MR) is 181 cm³/mol. The number of aromatic nitrogens is 1. The molecule has 2 aromatic carbocycles. The molecule has 1 aliphatic heterocycles. The average molecular weight is 615 g/mol. The molecule has 1 aliphatic carbocycles. The van der Waals surface area contributed by atoms with E-state index in [0.717, 1.165) is 52.3 Å². The molecule has 0 amide bonds. The van der Waals surface area contributed by atoms with E-state index in [1.54, 1.807) is 20.8 Å². The zero-order chi connectivity index (χ0) is 32.7. The summed E-state index contributed by atoms with van der Waals surface area (Å²) in [5.74, 6) is 2.79. The van der Waals surface area contributed by atoms with E-state index in [9.17, 15) is 4.79 Å². The lowest BCUT2D eigenvalue weighted by Crippen LogP contribution is -2.44. The number of benzene rings is 2. The molecule has 1 aromatic heterocycles. The van der Waals surface area contributed by atoms with Gasteiger partial charge in [-0.05, 0) is 89.6 Å². The Morgan fingerprint density at radius 3 is 2.16 bits per heavy atom. The van der Waals surface area contributed by atoms with E-state index in [-0.39, 0.29) is 5.97 Å². The zero-order valence-corrected chi connectivity index (χ0v) is 28.6. The van der Waals surface area contributed by atoms with E-state index in [1.165, 1.54) is 12.1 Å². The van der Waals surface area contributed by atoms with E-state index in [4.69, 9.17) is 24.0 Å². The first kappa shape index (κ1) is 34.1. The van der Waals surface area contributed by atoms with Gasteiger partial charge in [-0.3, -0.25) is 4.90 Å². The average Bonchev–Trinajstić information content (AvgIpc) is 3.37. The summed E-state index contributed by atoms with van der Waals surface area (Å²) in [6.07, 6.45) is 3.32.